The molecule has 0 radical (unpaired) electrons. The second-order valence-corrected chi connectivity index (χ2v) is 6.91. The first-order valence-electron chi connectivity index (χ1n) is 9.24. The van der Waals surface area contributed by atoms with Gasteiger partial charge < -0.3 is 9.84 Å². The van der Waals surface area contributed by atoms with Crippen LogP contribution in [0.5, 0.6) is 0 Å². The zero-order valence-electron chi connectivity index (χ0n) is 15.5. The van der Waals surface area contributed by atoms with Crippen LogP contribution in [-0.4, -0.2) is 36.9 Å². The van der Waals surface area contributed by atoms with Crippen molar-refractivity contribution in [3.8, 4) is 17.3 Å². The van der Waals surface area contributed by atoms with Crippen LogP contribution in [0.3, 0.4) is 0 Å². The maximum atomic E-state index is 12.7. The van der Waals surface area contributed by atoms with Crippen LogP contribution in [0.15, 0.2) is 29.0 Å². The van der Waals surface area contributed by atoms with Crippen molar-refractivity contribution in [2.45, 2.75) is 52.0 Å². The highest BCUT2D eigenvalue weighted by molar-refractivity contribution is 5.95. The van der Waals surface area contributed by atoms with E-state index in [1.54, 1.807) is 30.1 Å². The Balaban J connectivity index is 1.57. The van der Waals surface area contributed by atoms with Crippen LogP contribution in [0, 0.1) is 13.8 Å². The van der Waals surface area contributed by atoms with Gasteiger partial charge in [0.25, 0.3) is 11.8 Å². The molecule has 0 atom stereocenters. The zero-order chi connectivity index (χ0) is 18.8. The third-order valence-corrected chi connectivity index (χ3v) is 4.93. The monoisotopic (exact) mass is 366 g/mol. The Morgan fingerprint density at radius 3 is 2.81 bits per heavy atom. The van der Waals surface area contributed by atoms with Gasteiger partial charge in [0.2, 0.25) is 0 Å². The lowest BCUT2D eigenvalue weighted by atomic mass is 9.95. The summed E-state index contributed by atoms with van der Waals surface area (Å²) in [7, 11) is 0. The summed E-state index contributed by atoms with van der Waals surface area (Å²) in [4.78, 5) is 21.3. The molecule has 1 saturated carbocycles. The fourth-order valence-corrected chi connectivity index (χ4v) is 3.46. The predicted molar refractivity (Wildman–Crippen MR) is 98.5 cm³/mol. The first kappa shape index (κ1) is 17.4. The fourth-order valence-electron chi connectivity index (χ4n) is 3.46. The summed E-state index contributed by atoms with van der Waals surface area (Å²) in [6.07, 6.45) is 8.96. The van der Waals surface area contributed by atoms with Crippen molar-refractivity contribution in [1.29, 1.82) is 0 Å². The molecule has 3 heterocycles. The lowest BCUT2D eigenvalue weighted by Gasteiger charge is -2.22. The van der Waals surface area contributed by atoms with Gasteiger partial charge in [-0.1, -0.05) is 24.4 Å². The molecule has 3 aromatic heterocycles. The number of rotatable bonds is 4. The summed E-state index contributed by atoms with van der Waals surface area (Å²) in [5.74, 6) is 1.52. The Morgan fingerprint density at radius 2 is 2.07 bits per heavy atom. The van der Waals surface area contributed by atoms with Crippen LogP contribution in [0.4, 0.5) is 0 Å². The fraction of sp³-hybridized carbons (Fsp3) is 0.421. The second kappa shape index (κ2) is 7.30. The van der Waals surface area contributed by atoms with E-state index in [0.29, 0.717) is 23.1 Å². The lowest BCUT2D eigenvalue weighted by molar-refractivity contribution is 0.0927. The summed E-state index contributed by atoms with van der Waals surface area (Å²) in [5.41, 5.74) is 2.07. The molecule has 27 heavy (non-hydrogen) atoms. The van der Waals surface area contributed by atoms with E-state index in [1.165, 1.54) is 19.3 Å². The molecule has 8 heteroatoms. The predicted octanol–water partition coefficient (Wildman–Crippen LogP) is 3.00. The average Bonchev–Trinajstić information content (AvgIpc) is 3.28. The van der Waals surface area contributed by atoms with Crippen molar-refractivity contribution in [2.24, 2.45) is 0 Å². The van der Waals surface area contributed by atoms with Crippen LogP contribution in [0.25, 0.3) is 17.3 Å². The topological polar surface area (TPSA) is 98.7 Å². The molecule has 0 aliphatic heterocycles. The summed E-state index contributed by atoms with van der Waals surface area (Å²) in [6.45, 7) is 3.64. The smallest absolute Gasteiger partial charge is 0.258 e. The Bertz CT molecular complexity index is 955. The molecule has 0 saturated heterocycles. The maximum Gasteiger partial charge on any atom is 0.258 e. The van der Waals surface area contributed by atoms with E-state index in [9.17, 15) is 4.79 Å². The van der Waals surface area contributed by atoms with Crippen LogP contribution in [-0.2, 0) is 0 Å². The molecule has 4 rings (SSSR count). The number of pyridine rings is 1. The molecule has 0 aromatic carbocycles. The van der Waals surface area contributed by atoms with Gasteiger partial charge in [-0.2, -0.15) is 10.1 Å². The second-order valence-electron chi connectivity index (χ2n) is 6.91. The van der Waals surface area contributed by atoms with Gasteiger partial charge in [0.1, 0.15) is 0 Å². The third kappa shape index (κ3) is 3.60. The van der Waals surface area contributed by atoms with E-state index in [0.717, 1.165) is 24.1 Å². The van der Waals surface area contributed by atoms with E-state index < -0.39 is 0 Å². The van der Waals surface area contributed by atoms with Gasteiger partial charge in [0.05, 0.1) is 17.5 Å². The van der Waals surface area contributed by atoms with Crippen molar-refractivity contribution < 1.29 is 9.32 Å². The van der Waals surface area contributed by atoms with Gasteiger partial charge in [-0.3, -0.25) is 4.79 Å². The van der Waals surface area contributed by atoms with E-state index in [2.05, 4.69) is 25.5 Å². The number of aryl methyl sites for hydroxylation is 1. The van der Waals surface area contributed by atoms with Gasteiger partial charge in [-0.25, -0.2) is 9.67 Å². The minimum absolute atomic E-state index is 0.0747. The van der Waals surface area contributed by atoms with Gasteiger partial charge in [0, 0.05) is 17.8 Å². The summed E-state index contributed by atoms with van der Waals surface area (Å²) in [5, 5.41) is 11.3. The number of amides is 1. The number of carbonyl (C=O) groups is 1. The highest BCUT2D eigenvalue weighted by Gasteiger charge is 2.21. The zero-order valence-corrected chi connectivity index (χ0v) is 15.5. The lowest BCUT2D eigenvalue weighted by Crippen LogP contribution is -2.36. The first-order valence-corrected chi connectivity index (χ1v) is 9.24. The van der Waals surface area contributed by atoms with Crippen molar-refractivity contribution in [1.82, 2.24) is 30.2 Å². The first-order chi connectivity index (χ1) is 13.1. The molecular formula is C19H22N6O2. The van der Waals surface area contributed by atoms with Crippen molar-refractivity contribution in [3.05, 3.63) is 41.6 Å². The maximum absolute atomic E-state index is 12.7. The SMILES string of the molecule is Cc1noc(-c2ccnc(-n3ncc(C(=O)NC4CCCCC4)c3C)c2)n1. The normalized spacial score (nSPS) is 15.0. The van der Waals surface area contributed by atoms with Crippen LogP contribution in [0.2, 0.25) is 0 Å². The molecule has 8 nitrogen and oxygen atoms in total. The van der Waals surface area contributed by atoms with Gasteiger partial charge in [-0.05, 0) is 38.8 Å². The van der Waals surface area contributed by atoms with Crippen molar-refractivity contribution >= 4 is 5.91 Å². The highest BCUT2D eigenvalue weighted by Crippen LogP contribution is 2.21. The molecule has 1 N–H and O–H groups in total. The van der Waals surface area contributed by atoms with Crippen LogP contribution >= 0.6 is 0 Å². The third-order valence-electron chi connectivity index (χ3n) is 4.93. The molecule has 0 spiro atoms. The number of hydrogen-bond donors (Lipinski definition) is 1. The number of nitrogens with zero attached hydrogens (tertiary/aromatic N) is 5. The summed E-state index contributed by atoms with van der Waals surface area (Å²) in [6, 6.07) is 3.87. The Hall–Kier alpha value is -3.03. The number of aromatic nitrogens is 5. The van der Waals surface area contributed by atoms with E-state index >= 15 is 0 Å². The van der Waals surface area contributed by atoms with Gasteiger partial charge in [-0.15, -0.1) is 0 Å². The Morgan fingerprint density at radius 1 is 1.26 bits per heavy atom. The van der Waals surface area contributed by atoms with Crippen LogP contribution < -0.4 is 5.32 Å². The molecule has 0 bridgehead atoms. The minimum Gasteiger partial charge on any atom is -0.349 e. The molecule has 3 aromatic rings. The molecular weight excluding hydrogens is 344 g/mol. The van der Waals surface area contributed by atoms with Gasteiger partial charge >= 0.3 is 0 Å². The number of nitrogens with one attached hydrogen (secondary N) is 1. The van der Waals surface area contributed by atoms with E-state index in [-0.39, 0.29) is 11.9 Å². The molecule has 1 fully saturated rings. The van der Waals surface area contributed by atoms with Crippen molar-refractivity contribution in [2.75, 3.05) is 0 Å². The average molecular weight is 366 g/mol. The summed E-state index contributed by atoms with van der Waals surface area (Å²) < 4.78 is 6.87. The summed E-state index contributed by atoms with van der Waals surface area (Å²) >= 11 is 0. The molecule has 1 aliphatic carbocycles. The van der Waals surface area contributed by atoms with E-state index in [1.807, 2.05) is 13.0 Å². The van der Waals surface area contributed by atoms with E-state index in [4.69, 9.17) is 4.52 Å². The molecule has 140 valence electrons. The quantitative estimate of drug-likeness (QED) is 0.762. The van der Waals surface area contributed by atoms with Crippen molar-refractivity contribution in [3.63, 3.8) is 0 Å². The number of hydrogen-bond acceptors (Lipinski definition) is 6. The van der Waals surface area contributed by atoms with Gasteiger partial charge in [0.15, 0.2) is 11.6 Å². The Labute approximate surface area is 157 Å². The number of carbonyl (C=O) groups excluding carboxylic acids is 1. The molecule has 0 unspecified atom stereocenters. The highest BCUT2D eigenvalue weighted by atomic mass is 16.5. The van der Waals surface area contributed by atoms with Crippen LogP contribution in [0.1, 0.15) is 54.0 Å². The standard InChI is InChI=1S/C19H22N6O2/c1-12-16(18(26)23-15-6-4-3-5-7-15)11-21-25(12)17-10-14(8-9-20-17)19-22-13(2)24-27-19/h8-11,15H,3-7H2,1-2H3,(H,23,26). The molecule has 1 amide bonds. The molecule has 1 aliphatic rings. The Kier molecular flexibility index (Phi) is 4.70. The largest absolute Gasteiger partial charge is 0.349 e. The minimum atomic E-state index is -0.0747.